The fourth-order valence-electron chi connectivity index (χ4n) is 1.21. The molecule has 0 aliphatic heterocycles. The second kappa shape index (κ2) is 5.81. The fourth-order valence-corrected chi connectivity index (χ4v) is 2.37. The molecule has 0 fully saturated rings. The van der Waals surface area contributed by atoms with Crippen LogP contribution in [0.25, 0.3) is 0 Å². The van der Waals surface area contributed by atoms with Gasteiger partial charge in [0.25, 0.3) is 0 Å². The van der Waals surface area contributed by atoms with Gasteiger partial charge in [0.1, 0.15) is 0 Å². The molecule has 0 spiro atoms. The van der Waals surface area contributed by atoms with Gasteiger partial charge in [-0.2, -0.15) is 0 Å². The van der Waals surface area contributed by atoms with Crippen molar-refractivity contribution in [3.63, 3.8) is 0 Å². The normalized spacial score (nSPS) is 12.9. The molecule has 0 saturated carbocycles. The molecule has 1 unspecified atom stereocenters. The Balaban J connectivity index is 2.74. The molecule has 1 aromatic rings. The number of carbonyl (C=O) groups excluding carboxylic acids is 1. The molecule has 0 aromatic heterocycles. The Labute approximate surface area is 115 Å². The van der Waals surface area contributed by atoms with Gasteiger partial charge < -0.3 is 0 Å². The van der Waals surface area contributed by atoms with Crippen LogP contribution in [0.2, 0.25) is 0 Å². The number of benzene rings is 1. The SMILES string of the molecule is CC(C)(C)OC(=[Se])C(=O)C(Cl)c1ccccc1. The predicted octanol–water partition coefficient (Wildman–Crippen LogP) is 2.65. The molecule has 0 saturated heterocycles. The van der Waals surface area contributed by atoms with Crippen molar-refractivity contribution in [2.75, 3.05) is 0 Å². The Kier molecular flexibility index (Phi) is 4.93. The van der Waals surface area contributed by atoms with E-state index in [1.807, 2.05) is 51.1 Å². The third-order valence-electron chi connectivity index (χ3n) is 1.92. The second-order valence-corrected chi connectivity index (χ2v) is 5.85. The predicted molar refractivity (Wildman–Crippen MR) is 71.6 cm³/mol. The van der Waals surface area contributed by atoms with E-state index in [0.29, 0.717) is 0 Å². The van der Waals surface area contributed by atoms with E-state index in [0.717, 1.165) is 5.56 Å². The summed E-state index contributed by atoms with van der Waals surface area (Å²) in [6.45, 7) is 5.64. The molecule has 0 heterocycles. The van der Waals surface area contributed by atoms with E-state index in [4.69, 9.17) is 16.3 Å². The third-order valence-corrected chi connectivity index (χ3v) is 2.97. The first-order chi connectivity index (χ1) is 7.81. The van der Waals surface area contributed by atoms with Crippen molar-refractivity contribution in [2.24, 2.45) is 0 Å². The minimum absolute atomic E-state index is 0.223. The van der Waals surface area contributed by atoms with Gasteiger partial charge in [0.05, 0.1) is 0 Å². The van der Waals surface area contributed by atoms with E-state index in [2.05, 4.69) is 15.6 Å². The first-order valence-corrected chi connectivity index (χ1v) is 6.57. The molecule has 17 heavy (non-hydrogen) atoms. The van der Waals surface area contributed by atoms with Crippen molar-refractivity contribution in [3.05, 3.63) is 35.9 Å². The minimum atomic E-state index is -0.713. The molecular weight excluding hydrogens is 303 g/mol. The summed E-state index contributed by atoms with van der Waals surface area (Å²) in [6, 6.07) is 9.22. The Morgan fingerprint density at radius 2 is 1.82 bits per heavy atom. The molecule has 0 amide bonds. The molecule has 1 rings (SSSR count). The molecule has 2 nitrogen and oxygen atoms in total. The van der Waals surface area contributed by atoms with E-state index < -0.39 is 11.0 Å². The molecule has 0 bridgehead atoms. The third kappa shape index (κ3) is 4.63. The number of ether oxygens (including phenoxy) is 1. The Hall–Kier alpha value is -0.631. The average molecular weight is 318 g/mol. The van der Waals surface area contributed by atoms with E-state index in [9.17, 15) is 4.79 Å². The summed E-state index contributed by atoms with van der Waals surface area (Å²) < 4.78 is 5.69. The van der Waals surface area contributed by atoms with Gasteiger partial charge in [0.15, 0.2) is 0 Å². The van der Waals surface area contributed by atoms with Crippen LogP contribution >= 0.6 is 11.6 Å². The molecule has 0 N–H and O–H groups in total. The van der Waals surface area contributed by atoms with Gasteiger partial charge >= 0.3 is 115 Å². The Bertz CT molecular complexity index is 409. The number of ketones is 1. The Morgan fingerprint density at radius 3 is 2.29 bits per heavy atom. The van der Waals surface area contributed by atoms with Gasteiger partial charge in [-0.05, 0) is 0 Å². The maximum absolute atomic E-state index is 12.0. The number of hydrogen-bond donors (Lipinski definition) is 0. The number of halogens is 1. The van der Waals surface area contributed by atoms with Crippen LogP contribution in [0.15, 0.2) is 30.3 Å². The first kappa shape index (κ1) is 14.4. The summed E-state index contributed by atoms with van der Waals surface area (Å²) in [5.74, 6) is -0.243. The monoisotopic (exact) mass is 318 g/mol. The standard InChI is InChI=1S/C13H15ClO2Se/c1-13(2,3)16-12(17)11(15)10(14)9-7-5-4-6-8-9/h4-8,10H,1-3H3. The number of alkyl halides is 1. The van der Waals surface area contributed by atoms with Crippen molar-refractivity contribution in [3.8, 4) is 0 Å². The van der Waals surface area contributed by atoms with Crippen LogP contribution in [0.1, 0.15) is 31.7 Å². The molecule has 1 aromatic carbocycles. The summed E-state index contributed by atoms with van der Waals surface area (Å²) in [7, 11) is 0. The van der Waals surface area contributed by atoms with E-state index in [-0.39, 0.29) is 10.4 Å². The average Bonchev–Trinajstić information content (AvgIpc) is 2.26. The van der Waals surface area contributed by atoms with Crippen molar-refractivity contribution < 1.29 is 9.53 Å². The maximum atomic E-state index is 12.0. The zero-order valence-corrected chi connectivity index (χ0v) is 12.5. The van der Waals surface area contributed by atoms with Crippen LogP contribution in [0, 0.1) is 0 Å². The molecule has 0 aliphatic carbocycles. The van der Waals surface area contributed by atoms with Gasteiger partial charge in [-0.25, -0.2) is 0 Å². The van der Waals surface area contributed by atoms with Crippen LogP contribution in [0.5, 0.6) is 0 Å². The van der Waals surface area contributed by atoms with Gasteiger partial charge in [0.2, 0.25) is 0 Å². The molecule has 92 valence electrons. The van der Waals surface area contributed by atoms with E-state index in [1.165, 1.54) is 0 Å². The number of carbonyl (C=O) groups is 1. The molecule has 0 radical (unpaired) electrons. The van der Waals surface area contributed by atoms with Crippen molar-refractivity contribution >= 4 is 37.6 Å². The molecule has 1 atom stereocenters. The van der Waals surface area contributed by atoms with E-state index >= 15 is 0 Å². The topological polar surface area (TPSA) is 26.3 Å². The first-order valence-electron chi connectivity index (χ1n) is 5.27. The van der Waals surface area contributed by atoms with Gasteiger partial charge in [0, 0.05) is 0 Å². The number of hydrogen-bond acceptors (Lipinski definition) is 2. The van der Waals surface area contributed by atoms with Gasteiger partial charge in [-0.15, -0.1) is 0 Å². The van der Waals surface area contributed by atoms with Crippen LogP contribution in [0.4, 0.5) is 0 Å². The summed E-state index contributed by atoms with van der Waals surface area (Å²) >= 11 is 8.75. The van der Waals surface area contributed by atoms with Crippen molar-refractivity contribution in [1.29, 1.82) is 0 Å². The molecular formula is C13H15ClO2Se. The zero-order chi connectivity index (χ0) is 13.1. The quantitative estimate of drug-likeness (QED) is 0.630. The Morgan fingerprint density at radius 1 is 1.29 bits per heavy atom. The van der Waals surface area contributed by atoms with Crippen molar-refractivity contribution in [2.45, 2.75) is 31.7 Å². The summed E-state index contributed by atoms with van der Waals surface area (Å²) in [5, 5.41) is -0.713. The van der Waals surface area contributed by atoms with Crippen LogP contribution < -0.4 is 0 Å². The summed E-state index contributed by atoms with van der Waals surface area (Å²) in [4.78, 5) is 12.0. The number of Topliss-reactive ketones (excluding diaryl/α,β-unsaturated/α-hetero) is 1. The van der Waals surface area contributed by atoms with Crippen LogP contribution in [-0.2, 0) is 9.53 Å². The van der Waals surface area contributed by atoms with Gasteiger partial charge in [-0.1, -0.05) is 0 Å². The van der Waals surface area contributed by atoms with Crippen molar-refractivity contribution in [1.82, 2.24) is 0 Å². The van der Waals surface area contributed by atoms with Crippen LogP contribution in [0.3, 0.4) is 0 Å². The van der Waals surface area contributed by atoms with E-state index in [1.54, 1.807) is 0 Å². The number of rotatable bonds is 4. The molecule has 4 heteroatoms. The molecule has 0 aliphatic rings. The van der Waals surface area contributed by atoms with Gasteiger partial charge in [-0.3, -0.25) is 0 Å². The summed E-state index contributed by atoms with van der Waals surface area (Å²) in [5.41, 5.74) is 0.355. The fraction of sp³-hybridized carbons (Fsp3) is 0.385. The second-order valence-electron chi connectivity index (χ2n) is 4.64. The summed E-state index contributed by atoms with van der Waals surface area (Å²) in [6.07, 6.45) is 0. The zero-order valence-electron chi connectivity index (χ0n) is 10.1. The van der Waals surface area contributed by atoms with Crippen LogP contribution in [-0.4, -0.2) is 31.6 Å².